The van der Waals surface area contributed by atoms with Gasteiger partial charge in [-0.3, -0.25) is 4.79 Å². The van der Waals surface area contributed by atoms with Crippen LogP contribution in [0, 0.1) is 5.92 Å². The number of carbonyl (C=O) groups excluding carboxylic acids is 1. The first-order valence-electron chi connectivity index (χ1n) is 8.73. The predicted octanol–water partition coefficient (Wildman–Crippen LogP) is 3.30. The normalized spacial score (nSPS) is 11.1. The highest BCUT2D eigenvalue weighted by molar-refractivity contribution is 7.13. The largest absolute Gasteiger partial charge is 0.493 e. The molecule has 0 atom stereocenters. The fraction of sp³-hybridized carbons (Fsp3) is 0.200. The lowest BCUT2D eigenvalue weighted by Crippen LogP contribution is -2.24. The van der Waals surface area contributed by atoms with Crippen LogP contribution in [0.4, 0.5) is 0 Å². The number of ether oxygens (including phenoxy) is 1. The quantitative estimate of drug-likeness (QED) is 0.473. The molecule has 2 aromatic heterocycles. The molecule has 0 bridgehead atoms. The molecule has 0 fully saturated rings. The maximum absolute atomic E-state index is 12.3. The molecule has 3 aromatic rings. The van der Waals surface area contributed by atoms with E-state index in [1.165, 1.54) is 23.6 Å². The summed E-state index contributed by atoms with van der Waals surface area (Å²) in [5.41, 5.74) is 3.15. The van der Waals surface area contributed by atoms with Gasteiger partial charge in [0, 0.05) is 0 Å². The topological polar surface area (TPSA) is 96.4 Å². The molecule has 2 N–H and O–H groups in total. The summed E-state index contributed by atoms with van der Waals surface area (Å²) < 4.78 is 5.62. The van der Waals surface area contributed by atoms with Gasteiger partial charge in [-0.15, -0.1) is 11.3 Å². The molecule has 0 radical (unpaired) electrons. The van der Waals surface area contributed by atoms with Crippen molar-refractivity contribution in [2.24, 2.45) is 11.0 Å². The lowest BCUT2D eigenvalue weighted by Gasteiger charge is -2.08. The number of benzene rings is 1. The van der Waals surface area contributed by atoms with Crippen molar-refractivity contribution >= 4 is 23.5 Å². The van der Waals surface area contributed by atoms with E-state index in [4.69, 9.17) is 4.74 Å². The first-order chi connectivity index (χ1) is 13.5. The fourth-order valence-corrected chi connectivity index (χ4v) is 2.97. The van der Waals surface area contributed by atoms with Gasteiger partial charge in [0.25, 0.3) is 5.91 Å². The smallest absolute Gasteiger partial charge is 0.346 e. The second kappa shape index (κ2) is 9.09. The highest BCUT2D eigenvalue weighted by Crippen LogP contribution is 2.21. The van der Waals surface area contributed by atoms with Gasteiger partial charge in [-0.2, -0.15) is 10.1 Å². The summed E-state index contributed by atoms with van der Waals surface area (Å²) in [7, 11) is 0. The number of hydrazone groups is 1. The summed E-state index contributed by atoms with van der Waals surface area (Å²) >= 11 is 1.46. The third-order valence-corrected chi connectivity index (χ3v) is 4.51. The molecule has 7 nitrogen and oxygen atoms in total. The van der Waals surface area contributed by atoms with Crippen LogP contribution in [0.25, 0.3) is 10.6 Å². The molecule has 0 saturated carbocycles. The van der Waals surface area contributed by atoms with Gasteiger partial charge >= 0.3 is 5.69 Å². The minimum absolute atomic E-state index is 0.00160. The zero-order valence-electron chi connectivity index (χ0n) is 15.5. The van der Waals surface area contributed by atoms with Gasteiger partial charge < -0.3 is 9.72 Å². The maximum atomic E-state index is 12.3. The van der Waals surface area contributed by atoms with Crippen molar-refractivity contribution in [2.45, 2.75) is 13.8 Å². The van der Waals surface area contributed by atoms with Crippen LogP contribution < -0.4 is 15.9 Å². The van der Waals surface area contributed by atoms with Gasteiger partial charge in [0.2, 0.25) is 0 Å². The summed E-state index contributed by atoms with van der Waals surface area (Å²) in [6, 6.07) is 12.6. The molecule has 0 aliphatic heterocycles. The Morgan fingerprint density at radius 3 is 2.79 bits per heavy atom. The summed E-state index contributed by atoms with van der Waals surface area (Å²) in [6.07, 6.45) is 1.51. The molecule has 0 aliphatic carbocycles. The molecule has 0 aliphatic rings. The first-order valence-corrected chi connectivity index (χ1v) is 9.61. The monoisotopic (exact) mass is 396 g/mol. The highest BCUT2D eigenvalue weighted by atomic mass is 32.1. The number of nitrogens with zero attached hydrogens (tertiary/aromatic N) is 2. The number of hydrogen-bond acceptors (Lipinski definition) is 6. The zero-order valence-corrected chi connectivity index (χ0v) is 16.3. The van der Waals surface area contributed by atoms with Gasteiger partial charge in [-0.05, 0) is 53.3 Å². The maximum Gasteiger partial charge on any atom is 0.346 e. The molecule has 0 saturated heterocycles. The van der Waals surface area contributed by atoms with E-state index in [9.17, 15) is 9.59 Å². The van der Waals surface area contributed by atoms with Crippen LogP contribution in [0.1, 0.15) is 29.9 Å². The number of hydrogen-bond donors (Lipinski definition) is 2. The number of rotatable bonds is 7. The van der Waals surface area contributed by atoms with Gasteiger partial charge in [0.15, 0.2) is 0 Å². The van der Waals surface area contributed by atoms with E-state index in [1.807, 2.05) is 41.8 Å². The van der Waals surface area contributed by atoms with E-state index in [2.05, 4.69) is 34.3 Å². The second-order valence-electron chi connectivity index (χ2n) is 6.44. The lowest BCUT2D eigenvalue weighted by molar-refractivity contribution is 0.0949. The first kappa shape index (κ1) is 19.5. The van der Waals surface area contributed by atoms with E-state index >= 15 is 0 Å². The molecule has 2 heterocycles. The van der Waals surface area contributed by atoms with Crippen molar-refractivity contribution in [2.75, 3.05) is 6.61 Å². The van der Waals surface area contributed by atoms with Gasteiger partial charge in [0.1, 0.15) is 11.4 Å². The van der Waals surface area contributed by atoms with Crippen molar-refractivity contribution in [1.82, 2.24) is 15.4 Å². The number of aromatic amines is 1. The van der Waals surface area contributed by atoms with Gasteiger partial charge in [-0.1, -0.05) is 19.9 Å². The van der Waals surface area contributed by atoms with Crippen molar-refractivity contribution in [3.8, 4) is 16.3 Å². The SMILES string of the molecule is CC(C)COc1ccc(/C=N/NC(=O)c2cc(-c3cccs3)[nH]c(=O)n2)cc1. The van der Waals surface area contributed by atoms with Crippen LogP contribution in [0.15, 0.2) is 57.7 Å². The Balaban J connectivity index is 1.63. The van der Waals surface area contributed by atoms with Crippen LogP contribution in [0.2, 0.25) is 0 Å². The third kappa shape index (κ3) is 5.37. The standard InChI is InChI=1S/C20H20N4O3S/c1-13(2)12-27-15-7-5-14(6-8-15)11-21-24-19(25)17-10-16(22-20(26)23-17)18-4-3-9-28-18/h3-11,13H,12H2,1-2H3,(H,24,25)(H,22,23,26)/b21-11+. The molecule has 8 heteroatoms. The van der Waals surface area contributed by atoms with Crippen LogP contribution in [-0.2, 0) is 0 Å². The highest BCUT2D eigenvalue weighted by Gasteiger charge is 2.11. The minimum atomic E-state index is -0.586. The van der Waals surface area contributed by atoms with Crippen LogP contribution in [-0.4, -0.2) is 28.7 Å². The lowest BCUT2D eigenvalue weighted by atomic mass is 10.2. The summed E-state index contributed by atoms with van der Waals surface area (Å²) in [6.45, 7) is 4.82. The molecule has 3 rings (SSSR count). The van der Waals surface area contributed by atoms with Crippen LogP contribution in [0.5, 0.6) is 5.75 Å². The number of amides is 1. The molecular formula is C20H20N4O3S. The van der Waals surface area contributed by atoms with E-state index < -0.39 is 11.6 Å². The predicted molar refractivity (Wildman–Crippen MR) is 110 cm³/mol. The summed E-state index contributed by atoms with van der Waals surface area (Å²) in [5, 5.41) is 5.82. The number of carbonyl (C=O) groups is 1. The third-order valence-electron chi connectivity index (χ3n) is 3.61. The fourth-order valence-electron chi connectivity index (χ4n) is 2.27. The summed E-state index contributed by atoms with van der Waals surface area (Å²) in [5.74, 6) is 0.677. The molecule has 1 aromatic carbocycles. The minimum Gasteiger partial charge on any atom is -0.493 e. The number of aromatic nitrogens is 2. The van der Waals surface area contributed by atoms with Crippen molar-refractivity contribution < 1.29 is 9.53 Å². The Bertz CT molecular complexity index is 1010. The second-order valence-corrected chi connectivity index (χ2v) is 7.38. The Labute approximate surface area is 166 Å². The molecule has 1 amide bonds. The van der Waals surface area contributed by atoms with E-state index in [1.54, 1.807) is 0 Å². The molecule has 144 valence electrons. The Morgan fingerprint density at radius 2 is 2.11 bits per heavy atom. The zero-order chi connectivity index (χ0) is 19.9. The molecule has 0 spiro atoms. The molecular weight excluding hydrogens is 376 g/mol. The number of H-pyrrole nitrogens is 1. The van der Waals surface area contributed by atoms with E-state index in [0.29, 0.717) is 18.2 Å². The summed E-state index contributed by atoms with van der Waals surface area (Å²) in [4.78, 5) is 31.2. The Hall–Kier alpha value is -3.26. The van der Waals surface area contributed by atoms with Crippen molar-refractivity contribution in [1.29, 1.82) is 0 Å². The Kier molecular flexibility index (Phi) is 6.33. The van der Waals surface area contributed by atoms with E-state index in [0.717, 1.165) is 16.2 Å². The van der Waals surface area contributed by atoms with Crippen molar-refractivity contribution in [3.63, 3.8) is 0 Å². The molecule has 0 unspecified atom stereocenters. The Morgan fingerprint density at radius 1 is 1.32 bits per heavy atom. The van der Waals surface area contributed by atoms with Crippen LogP contribution in [0.3, 0.4) is 0 Å². The average molecular weight is 396 g/mol. The number of thiophene rings is 1. The van der Waals surface area contributed by atoms with Crippen LogP contribution >= 0.6 is 11.3 Å². The van der Waals surface area contributed by atoms with Crippen molar-refractivity contribution in [3.05, 3.63) is 69.6 Å². The average Bonchev–Trinajstić information content (AvgIpc) is 3.21. The molecule has 28 heavy (non-hydrogen) atoms. The number of nitrogens with one attached hydrogen (secondary N) is 2. The van der Waals surface area contributed by atoms with Gasteiger partial charge in [-0.25, -0.2) is 10.2 Å². The van der Waals surface area contributed by atoms with Gasteiger partial charge in [0.05, 0.1) is 23.4 Å². The van der Waals surface area contributed by atoms with E-state index in [-0.39, 0.29) is 5.69 Å².